The van der Waals surface area contributed by atoms with Gasteiger partial charge in [-0.1, -0.05) is 29.8 Å². The van der Waals surface area contributed by atoms with Gasteiger partial charge in [0.05, 0.1) is 25.1 Å². The van der Waals surface area contributed by atoms with E-state index in [2.05, 4.69) is 31.4 Å². The summed E-state index contributed by atoms with van der Waals surface area (Å²) < 4.78 is 7.16. The molecule has 1 unspecified atom stereocenters. The Labute approximate surface area is 216 Å². The van der Waals surface area contributed by atoms with Crippen LogP contribution in [0.2, 0.25) is 0 Å². The maximum absolute atomic E-state index is 13.5. The molecular formula is C29H32N4O4. The third kappa shape index (κ3) is 5.91. The third-order valence-electron chi connectivity index (χ3n) is 5.88. The number of aryl methyl sites for hydroxylation is 1. The molecule has 0 fully saturated rings. The predicted octanol–water partition coefficient (Wildman–Crippen LogP) is 5.47. The standard InChI is InChI=1S/C29H32N4O4/c1-18-8-6-9-20(16-18)23(17-24(34)35)30-28(36)22-10-7-15-33-26(22)31-25(27(33)32-29(2,3)4)19-11-13-21(37-5)14-12-19/h6-16,23,32H,17H2,1-5H3,(H,30,36)(H,34,35). The Kier molecular flexibility index (Phi) is 7.20. The van der Waals surface area contributed by atoms with Gasteiger partial charge in [-0.05, 0) is 69.7 Å². The molecule has 4 aromatic rings. The molecule has 0 aliphatic heterocycles. The van der Waals surface area contributed by atoms with Gasteiger partial charge in [-0.25, -0.2) is 4.98 Å². The third-order valence-corrected chi connectivity index (χ3v) is 5.88. The number of carbonyl (C=O) groups excluding carboxylic acids is 1. The molecule has 0 aliphatic rings. The van der Waals surface area contributed by atoms with Crippen LogP contribution in [0.1, 0.15) is 54.7 Å². The van der Waals surface area contributed by atoms with E-state index in [4.69, 9.17) is 9.72 Å². The van der Waals surface area contributed by atoms with Crippen molar-refractivity contribution in [3.63, 3.8) is 0 Å². The molecule has 1 amide bonds. The van der Waals surface area contributed by atoms with Crippen molar-refractivity contribution in [2.24, 2.45) is 0 Å². The van der Waals surface area contributed by atoms with Crippen molar-refractivity contribution < 1.29 is 19.4 Å². The van der Waals surface area contributed by atoms with Gasteiger partial charge in [-0.15, -0.1) is 0 Å². The number of imidazole rings is 1. The van der Waals surface area contributed by atoms with Crippen LogP contribution in [0.5, 0.6) is 5.75 Å². The molecular weight excluding hydrogens is 468 g/mol. The summed E-state index contributed by atoms with van der Waals surface area (Å²) in [6, 6.07) is 17.9. The number of aromatic nitrogens is 2. The van der Waals surface area contributed by atoms with Crippen LogP contribution in [0.3, 0.4) is 0 Å². The molecule has 0 bridgehead atoms. The highest BCUT2D eigenvalue weighted by Gasteiger charge is 2.25. The first-order valence-corrected chi connectivity index (χ1v) is 12.1. The minimum Gasteiger partial charge on any atom is -0.497 e. The van der Waals surface area contributed by atoms with Crippen LogP contribution in [0.4, 0.5) is 5.82 Å². The Hall–Kier alpha value is -4.33. The lowest BCUT2D eigenvalue weighted by Crippen LogP contribution is -2.30. The number of methoxy groups -OCH3 is 1. The summed E-state index contributed by atoms with van der Waals surface area (Å²) in [5.41, 5.74) is 3.83. The number of hydrogen-bond donors (Lipinski definition) is 3. The van der Waals surface area contributed by atoms with Crippen molar-refractivity contribution in [3.05, 3.63) is 83.6 Å². The summed E-state index contributed by atoms with van der Waals surface area (Å²) in [6.45, 7) is 8.09. The SMILES string of the molecule is COc1ccc(-c2nc3c(C(=O)NC(CC(=O)O)c4cccc(C)c4)cccn3c2NC(C)(C)C)cc1. The second-order valence-corrected chi connectivity index (χ2v) is 10.1. The van der Waals surface area contributed by atoms with Crippen molar-refractivity contribution in [3.8, 4) is 17.0 Å². The molecule has 3 N–H and O–H groups in total. The molecule has 8 heteroatoms. The van der Waals surface area contributed by atoms with Gasteiger partial charge in [0.1, 0.15) is 17.3 Å². The van der Waals surface area contributed by atoms with Crippen LogP contribution < -0.4 is 15.4 Å². The average molecular weight is 501 g/mol. The molecule has 0 spiro atoms. The number of carbonyl (C=O) groups is 2. The topological polar surface area (TPSA) is 105 Å². The minimum absolute atomic E-state index is 0.235. The highest BCUT2D eigenvalue weighted by Crippen LogP contribution is 2.33. The number of carboxylic acid groups (broad SMARTS) is 1. The highest BCUT2D eigenvalue weighted by molar-refractivity contribution is 6.01. The largest absolute Gasteiger partial charge is 0.497 e. The Balaban J connectivity index is 1.79. The molecule has 0 radical (unpaired) electrons. The maximum atomic E-state index is 13.5. The number of ether oxygens (including phenoxy) is 1. The number of carboxylic acids is 1. The summed E-state index contributed by atoms with van der Waals surface area (Å²) >= 11 is 0. The summed E-state index contributed by atoms with van der Waals surface area (Å²) in [5, 5.41) is 15.9. The number of amides is 1. The van der Waals surface area contributed by atoms with Gasteiger partial charge in [0.15, 0.2) is 5.65 Å². The Morgan fingerprint density at radius 3 is 2.43 bits per heavy atom. The van der Waals surface area contributed by atoms with Crippen LogP contribution in [-0.2, 0) is 4.79 Å². The lowest BCUT2D eigenvalue weighted by Gasteiger charge is -2.23. The molecule has 1 atom stereocenters. The van der Waals surface area contributed by atoms with E-state index in [1.165, 1.54) is 0 Å². The number of rotatable bonds is 8. The molecule has 192 valence electrons. The average Bonchev–Trinajstić information content (AvgIpc) is 3.20. The van der Waals surface area contributed by atoms with Crippen LogP contribution in [-0.4, -0.2) is 39.0 Å². The monoisotopic (exact) mass is 500 g/mol. The number of fused-ring (bicyclic) bond motifs is 1. The summed E-state index contributed by atoms with van der Waals surface area (Å²) in [7, 11) is 1.62. The van der Waals surface area contributed by atoms with E-state index in [0.717, 1.165) is 28.3 Å². The van der Waals surface area contributed by atoms with Crippen molar-refractivity contribution in [2.45, 2.75) is 45.7 Å². The second kappa shape index (κ2) is 10.3. The Bertz CT molecular complexity index is 1430. The molecule has 2 aromatic heterocycles. The van der Waals surface area contributed by atoms with E-state index in [9.17, 15) is 14.7 Å². The van der Waals surface area contributed by atoms with Gasteiger partial charge in [-0.2, -0.15) is 0 Å². The Morgan fingerprint density at radius 1 is 1.08 bits per heavy atom. The normalized spacial score (nSPS) is 12.2. The Morgan fingerprint density at radius 2 is 1.81 bits per heavy atom. The summed E-state index contributed by atoms with van der Waals surface area (Å²) in [5.74, 6) is 0.0952. The summed E-state index contributed by atoms with van der Waals surface area (Å²) in [6.07, 6.45) is 1.62. The smallest absolute Gasteiger partial charge is 0.305 e. The molecule has 2 aromatic carbocycles. The van der Waals surface area contributed by atoms with Gasteiger partial charge in [-0.3, -0.25) is 14.0 Å². The predicted molar refractivity (Wildman–Crippen MR) is 144 cm³/mol. The zero-order chi connectivity index (χ0) is 26.7. The van der Waals surface area contributed by atoms with Crippen molar-refractivity contribution >= 4 is 23.3 Å². The fraction of sp³-hybridized carbons (Fsp3) is 0.276. The van der Waals surface area contributed by atoms with E-state index in [1.54, 1.807) is 19.2 Å². The first kappa shape index (κ1) is 25.8. The van der Waals surface area contributed by atoms with Gasteiger partial charge < -0.3 is 20.5 Å². The second-order valence-electron chi connectivity index (χ2n) is 10.1. The zero-order valence-corrected chi connectivity index (χ0v) is 21.7. The van der Waals surface area contributed by atoms with Crippen LogP contribution in [0.15, 0.2) is 66.9 Å². The zero-order valence-electron chi connectivity index (χ0n) is 21.7. The van der Waals surface area contributed by atoms with E-state index < -0.39 is 17.9 Å². The number of pyridine rings is 1. The van der Waals surface area contributed by atoms with Gasteiger partial charge in [0.25, 0.3) is 5.91 Å². The fourth-order valence-corrected chi connectivity index (χ4v) is 4.22. The quantitative estimate of drug-likeness (QED) is 0.296. The highest BCUT2D eigenvalue weighted by atomic mass is 16.5. The molecule has 2 heterocycles. The van der Waals surface area contributed by atoms with E-state index in [-0.39, 0.29) is 12.0 Å². The lowest BCUT2D eigenvalue weighted by atomic mass is 10.0. The molecule has 8 nitrogen and oxygen atoms in total. The van der Waals surface area contributed by atoms with Gasteiger partial charge in [0, 0.05) is 17.3 Å². The van der Waals surface area contributed by atoms with Crippen LogP contribution >= 0.6 is 0 Å². The number of nitrogens with zero attached hydrogens (tertiary/aromatic N) is 2. The van der Waals surface area contributed by atoms with Crippen molar-refractivity contribution in [1.82, 2.24) is 14.7 Å². The van der Waals surface area contributed by atoms with Crippen LogP contribution in [0.25, 0.3) is 16.9 Å². The molecule has 0 saturated heterocycles. The molecule has 37 heavy (non-hydrogen) atoms. The maximum Gasteiger partial charge on any atom is 0.305 e. The van der Waals surface area contributed by atoms with E-state index in [1.807, 2.05) is 66.1 Å². The van der Waals surface area contributed by atoms with Crippen LogP contribution in [0, 0.1) is 6.92 Å². The van der Waals surface area contributed by atoms with E-state index in [0.29, 0.717) is 16.9 Å². The number of aliphatic carboxylic acids is 1. The molecule has 4 rings (SSSR count). The summed E-state index contributed by atoms with van der Waals surface area (Å²) in [4.78, 5) is 30.0. The number of nitrogens with one attached hydrogen (secondary N) is 2. The number of anilines is 1. The fourth-order valence-electron chi connectivity index (χ4n) is 4.22. The van der Waals surface area contributed by atoms with Gasteiger partial charge in [0.2, 0.25) is 0 Å². The number of hydrogen-bond acceptors (Lipinski definition) is 5. The van der Waals surface area contributed by atoms with Gasteiger partial charge >= 0.3 is 5.97 Å². The lowest BCUT2D eigenvalue weighted by molar-refractivity contribution is -0.137. The number of benzene rings is 2. The van der Waals surface area contributed by atoms with Crippen molar-refractivity contribution in [1.29, 1.82) is 0 Å². The van der Waals surface area contributed by atoms with E-state index >= 15 is 0 Å². The minimum atomic E-state index is -0.996. The molecule has 0 aliphatic carbocycles. The first-order chi connectivity index (χ1) is 17.6. The molecule has 0 saturated carbocycles. The van der Waals surface area contributed by atoms with Crippen molar-refractivity contribution in [2.75, 3.05) is 12.4 Å². The first-order valence-electron chi connectivity index (χ1n) is 12.1.